The van der Waals surface area contributed by atoms with E-state index in [-0.39, 0.29) is 4.91 Å². The second kappa shape index (κ2) is 4.72. The Hall–Kier alpha value is -0.780. The minimum Gasteiger partial charge on any atom is -0.369 e. The number of nitrogens with two attached hydrogens (primary N) is 1. The Morgan fingerprint density at radius 3 is 2.22 bits per heavy atom. The largest absolute Gasteiger partial charge is 0.369 e. The Morgan fingerprint density at radius 1 is 1.28 bits per heavy atom. The Morgan fingerprint density at radius 2 is 1.83 bits per heavy atom. The molecule has 0 heterocycles. The maximum absolute atomic E-state index is 11.6. The number of aliphatic hydroxyl groups is 1. The number of hydrogen-bond donors (Lipinski definition) is 4. The molecule has 1 rings (SSSR count). The van der Waals surface area contributed by atoms with Gasteiger partial charge in [0.1, 0.15) is 0 Å². The van der Waals surface area contributed by atoms with Gasteiger partial charge < -0.3 is 10.8 Å². The number of hydrogen-bond acceptors (Lipinski definition) is 6. The third-order valence-corrected chi connectivity index (χ3v) is 5.82. The molecule has 1 aliphatic rings. The number of nitrogens with one attached hydrogen (secondary N) is 2. The van der Waals surface area contributed by atoms with E-state index in [9.17, 15) is 21.9 Å². The molecule has 0 bridgehead atoms. The third kappa shape index (κ3) is 2.35. The summed E-state index contributed by atoms with van der Waals surface area (Å²) in [6.07, 6.45) is 2.80. The zero-order valence-corrected chi connectivity index (χ0v) is 11.4. The molecule has 5 N–H and O–H groups in total. The van der Waals surface area contributed by atoms with Crippen molar-refractivity contribution in [3.05, 3.63) is 23.1 Å². The molecule has 0 aliphatic heterocycles. The molecule has 10 heteroatoms. The van der Waals surface area contributed by atoms with Gasteiger partial charge in [-0.2, -0.15) is 0 Å². The summed E-state index contributed by atoms with van der Waals surface area (Å²) in [5.41, 5.74) is 5.53. The van der Waals surface area contributed by atoms with Crippen molar-refractivity contribution < 1.29 is 21.9 Å². The predicted octanol–water partition coefficient (Wildman–Crippen LogP) is -2.45. The maximum Gasteiger partial charge on any atom is 0.247 e. The molecule has 0 amide bonds. The van der Waals surface area contributed by atoms with Gasteiger partial charge in [-0.15, -0.1) is 0 Å². The van der Waals surface area contributed by atoms with Gasteiger partial charge in [-0.05, 0) is 32.3 Å². The fourth-order valence-corrected chi connectivity index (χ4v) is 3.20. The number of allylic oxidation sites excluding steroid dienone is 1. The van der Waals surface area contributed by atoms with Crippen LogP contribution in [0.4, 0.5) is 0 Å². The molecule has 8 nitrogen and oxygen atoms in total. The van der Waals surface area contributed by atoms with E-state index in [1.807, 2.05) is 4.72 Å². The van der Waals surface area contributed by atoms with Crippen LogP contribution in [0.5, 0.6) is 0 Å². The third-order valence-electron chi connectivity index (χ3n) is 2.59. The monoisotopic (exact) mass is 297 g/mol. The van der Waals surface area contributed by atoms with E-state index in [1.165, 1.54) is 7.05 Å². The number of sulfonamides is 2. The summed E-state index contributed by atoms with van der Waals surface area (Å²) in [6, 6.07) is -1.40. The Kier molecular flexibility index (Phi) is 4.00. The van der Waals surface area contributed by atoms with Gasteiger partial charge >= 0.3 is 0 Å². The normalized spacial score (nSPS) is 29.1. The molecule has 2 atom stereocenters. The zero-order valence-electron chi connectivity index (χ0n) is 9.78. The van der Waals surface area contributed by atoms with Crippen molar-refractivity contribution in [2.24, 2.45) is 5.73 Å². The minimum absolute atomic E-state index is 0.200. The van der Waals surface area contributed by atoms with Crippen LogP contribution in [-0.2, 0) is 20.0 Å². The SMILES string of the molecule is CNS(=O)(=O)C1=CC(N)C(O)(S(=O)(=O)NC)C=C1. The minimum atomic E-state index is -4.11. The van der Waals surface area contributed by atoms with Crippen LogP contribution in [0.25, 0.3) is 0 Å². The molecular formula is C8H15N3O5S2. The van der Waals surface area contributed by atoms with Crippen molar-refractivity contribution in [1.29, 1.82) is 0 Å². The molecule has 104 valence electrons. The smallest absolute Gasteiger partial charge is 0.247 e. The van der Waals surface area contributed by atoms with E-state index < -0.39 is 31.0 Å². The van der Waals surface area contributed by atoms with Crippen molar-refractivity contribution in [3.63, 3.8) is 0 Å². The fraction of sp³-hybridized carbons (Fsp3) is 0.500. The predicted molar refractivity (Wildman–Crippen MR) is 66.1 cm³/mol. The molecule has 1 aliphatic carbocycles. The van der Waals surface area contributed by atoms with E-state index in [1.54, 1.807) is 0 Å². The lowest BCUT2D eigenvalue weighted by Gasteiger charge is -2.31. The molecule has 0 fully saturated rings. The molecule has 0 saturated carbocycles. The van der Waals surface area contributed by atoms with Crippen LogP contribution in [0.3, 0.4) is 0 Å². The summed E-state index contributed by atoms with van der Waals surface area (Å²) in [7, 11) is -5.52. The van der Waals surface area contributed by atoms with Crippen LogP contribution in [0.2, 0.25) is 0 Å². The van der Waals surface area contributed by atoms with E-state index in [0.717, 1.165) is 25.3 Å². The lowest BCUT2D eigenvalue weighted by molar-refractivity contribution is 0.156. The first-order chi connectivity index (χ1) is 8.10. The topological polar surface area (TPSA) is 139 Å². The molecular weight excluding hydrogens is 282 g/mol. The lowest BCUT2D eigenvalue weighted by Crippen LogP contribution is -2.56. The van der Waals surface area contributed by atoms with Crippen LogP contribution in [0, 0.1) is 0 Å². The summed E-state index contributed by atoms with van der Waals surface area (Å²) < 4.78 is 50.3. The summed E-state index contributed by atoms with van der Waals surface area (Å²) in [6.45, 7) is 0. The van der Waals surface area contributed by atoms with Crippen molar-refractivity contribution in [2.45, 2.75) is 11.0 Å². The van der Waals surface area contributed by atoms with Crippen LogP contribution in [0.1, 0.15) is 0 Å². The highest BCUT2D eigenvalue weighted by atomic mass is 32.2. The van der Waals surface area contributed by atoms with Gasteiger partial charge in [0.15, 0.2) is 0 Å². The van der Waals surface area contributed by atoms with Crippen LogP contribution in [0.15, 0.2) is 23.1 Å². The van der Waals surface area contributed by atoms with E-state index in [4.69, 9.17) is 5.73 Å². The molecule has 0 aromatic carbocycles. The second-order valence-electron chi connectivity index (χ2n) is 3.60. The van der Waals surface area contributed by atoms with Gasteiger partial charge in [0.25, 0.3) is 0 Å². The first-order valence-electron chi connectivity index (χ1n) is 4.86. The summed E-state index contributed by atoms with van der Waals surface area (Å²) >= 11 is 0. The Balaban J connectivity index is 3.26. The van der Waals surface area contributed by atoms with Crippen molar-refractivity contribution in [3.8, 4) is 0 Å². The highest BCUT2D eigenvalue weighted by molar-refractivity contribution is 7.93. The van der Waals surface area contributed by atoms with Crippen LogP contribution < -0.4 is 15.2 Å². The molecule has 0 spiro atoms. The highest BCUT2D eigenvalue weighted by Crippen LogP contribution is 2.26. The Labute approximate surface area is 106 Å². The highest BCUT2D eigenvalue weighted by Gasteiger charge is 2.46. The van der Waals surface area contributed by atoms with Crippen LogP contribution >= 0.6 is 0 Å². The summed E-state index contributed by atoms with van der Waals surface area (Å²) in [5.74, 6) is 0. The van der Waals surface area contributed by atoms with Crippen LogP contribution in [-0.4, -0.2) is 47.0 Å². The average Bonchev–Trinajstić information content (AvgIpc) is 2.32. The summed E-state index contributed by atoms with van der Waals surface area (Å²) in [4.78, 5) is -2.58. The van der Waals surface area contributed by atoms with Gasteiger partial charge in [0.05, 0.1) is 10.9 Å². The summed E-state index contributed by atoms with van der Waals surface area (Å²) in [5, 5.41) is 10.0. The van der Waals surface area contributed by atoms with Gasteiger partial charge in [-0.25, -0.2) is 26.3 Å². The molecule has 0 saturated heterocycles. The van der Waals surface area contributed by atoms with Gasteiger partial charge in [-0.3, -0.25) is 0 Å². The van der Waals surface area contributed by atoms with E-state index in [2.05, 4.69) is 4.72 Å². The fourth-order valence-electron chi connectivity index (χ4n) is 1.39. The van der Waals surface area contributed by atoms with Crippen molar-refractivity contribution >= 4 is 20.0 Å². The van der Waals surface area contributed by atoms with Gasteiger partial charge in [-0.1, -0.05) is 0 Å². The first-order valence-corrected chi connectivity index (χ1v) is 7.83. The Bertz CT molecular complexity index is 592. The molecule has 18 heavy (non-hydrogen) atoms. The van der Waals surface area contributed by atoms with E-state index >= 15 is 0 Å². The van der Waals surface area contributed by atoms with E-state index in [0.29, 0.717) is 0 Å². The molecule has 2 unspecified atom stereocenters. The molecule has 0 aromatic heterocycles. The maximum atomic E-state index is 11.6. The first kappa shape index (κ1) is 15.3. The lowest BCUT2D eigenvalue weighted by atomic mass is 10.1. The molecule has 0 aromatic rings. The van der Waals surface area contributed by atoms with Crippen molar-refractivity contribution in [2.75, 3.05) is 14.1 Å². The van der Waals surface area contributed by atoms with Gasteiger partial charge in [0, 0.05) is 0 Å². The second-order valence-corrected chi connectivity index (χ2v) is 7.55. The standard InChI is InChI=1S/C8H15N3O5S2/c1-10-17(13,14)6-3-4-8(12,7(9)5-6)18(15,16)11-2/h3-5,7,10-12H,9H2,1-2H3. The quantitative estimate of drug-likeness (QED) is 0.454. The van der Waals surface area contributed by atoms with Gasteiger partial charge in [0.2, 0.25) is 25.0 Å². The molecule has 0 radical (unpaired) electrons. The number of rotatable bonds is 4. The zero-order chi connectivity index (χ0) is 14.2. The van der Waals surface area contributed by atoms with Crippen molar-refractivity contribution in [1.82, 2.24) is 9.44 Å². The average molecular weight is 297 g/mol.